The highest BCUT2D eigenvalue weighted by molar-refractivity contribution is 7.80. The molecule has 0 aliphatic carbocycles. The van der Waals surface area contributed by atoms with E-state index in [1.165, 1.54) is 10.8 Å². The van der Waals surface area contributed by atoms with Gasteiger partial charge in [0, 0.05) is 18.0 Å². The van der Waals surface area contributed by atoms with Gasteiger partial charge in [-0.3, -0.25) is 10.1 Å². The highest BCUT2D eigenvalue weighted by Crippen LogP contribution is 2.26. The maximum atomic E-state index is 12.2. The second-order valence-electron chi connectivity index (χ2n) is 5.81. The number of fused-ring (bicyclic) bond motifs is 3. The van der Waals surface area contributed by atoms with E-state index in [1.807, 2.05) is 41.9 Å². The number of aryl methyl sites for hydroxylation is 1. The van der Waals surface area contributed by atoms with Crippen molar-refractivity contribution in [3.8, 4) is 0 Å². The Bertz CT molecular complexity index is 1210. The summed E-state index contributed by atoms with van der Waals surface area (Å²) in [7, 11) is 1.96. The van der Waals surface area contributed by atoms with Gasteiger partial charge in [0.2, 0.25) is 5.11 Å². The minimum Gasteiger partial charge on any atom is -0.319 e. The van der Waals surface area contributed by atoms with Gasteiger partial charge in [-0.25, -0.2) is 0 Å². The molecule has 0 spiro atoms. The number of benzene rings is 3. The first-order valence-electron chi connectivity index (χ1n) is 8.06. The number of thiazole rings is 1. The Kier molecular flexibility index (Phi) is 4.36. The Hall–Kier alpha value is -2.83. The van der Waals surface area contributed by atoms with E-state index < -0.39 is 0 Å². The topological polar surface area (TPSA) is 46.4 Å². The van der Waals surface area contributed by atoms with Crippen LogP contribution in [0.4, 0.5) is 0 Å². The van der Waals surface area contributed by atoms with Crippen LogP contribution in [0.5, 0.6) is 0 Å². The lowest BCUT2D eigenvalue weighted by Crippen LogP contribution is -2.29. The minimum absolute atomic E-state index is 0.158. The van der Waals surface area contributed by atoms with Crippen LogP contribution in [0.1, 0.15) is 10.4 Å². The molecule has 26 heavy (non-hydrogen) atoms. The highest BCUT2D eigenvalue weighted by Gasteiger charge is 2.09. The molecule has 128 valence electrons. The molecule has 1 N–H and O–H groups in total. The first-order chi connectivity index (χ1) is 12.6. The molecule has 4 rings (SSSR count). The summed E-state index contributed by atoms with van der Waals surface area (Å²) < 4.78 is 3.14. The first-order valence-corrected chi connectivity index (χ1v) is 9.28. The number of carbonyl (C=O) groups excluding carboxylic acids is 1. The Morgan fingerprint density at radius 1 is 1.04 bits per heavy atom. The lowest BCUT2D eigenvalue weighted by Gasteiger charge is -2.03. The van der Waals surface area contributed by atoms with Crippen LogP contribution in [0.25, 0.3) is 21.0 Å². The number of amides is 1. The monoisotopic (exact) mass is 377 g/mol. The van der Waals surface area contributed by atoms with Crippen LogP contribution in [0, 0.1) is 0 Å². The Morgan fingerprint density at radius 2 is 1.77 bits per heavy atom. The van der Waals surface area contributed by atoms with Crippen molar-refractivity contribution in [1.82, 2.24) is 9.88 Å². The number of rotatable bonds is 1. The van der Waals surface area contributed by atoms with Crippen molar-refractivity contribution in [2.75, 3.05) is 0 Å². The van der Waals surface area contributed by atoms with Gasteiger partial charge in [-0.2, -0.15) is 4.99 Å². The molecule has 0 saturated carbocycles. The fourth-order valence-corrected chi connectivity index (χ4v) is 4.18. The fraction of sp³-hybridized carbons (Fsp3) is 0.0500. The molecular formula is C20H15N3OS2. The van der Waals surface area contributed by atoms with Gasteiger partial charge in [0.25, 0.3) is 5.91 Å². The summed E-state index contributed by atoms with van der Waals surface area (Å²) in [5, 5.41) is 5.18. The van der Waals surface area contributed by atoms with Crippen molar-refractivity contribution in [2.45, 2.75) is 0 Å². The zero-order valence-electron chi connectivity index (χ0n) is 14.0. The van der Waals surface area contributed by atoms with Crippen molar-refractivity contribution in [3.05, 3.63) is 77.1 Å². The Morgan fingerprint density at radius 3 is 2.58 bits per heavy atom. The molecule has 0 bridgehead atoms. The molecule has 0 aliphatic rings. The van der Waals surface area contributed by atoms with Gasteiger partial charge >= 0.3 is 0 Å². The van der Waals surface area contributed by atoms with Gasteiger partial charge in [-0.1, -0.05) is 59.9 Å². The summed E-state index contributed by atoms with van der Waals surface area (Å²) in [6, 6.07) is 21.4. The molecule has 0 fully saturated rings. The molecule has 4 nitrogen and oxygen atoms in total. The predicted molar refractivity (Wildman–Crippen MR) is 110 cm³/mol. The summed E-state index contributed by atoms with van der Waals surface area (Å²) in [4.78, 5) is 17.4. The van der Waals surface area contributed by atoms with Gasteiger partial charge in [0.05, 0.1) is 10.2 Å². The number of hydrogen-bond acceptors (Lipinski definition) is 3. The molecule has 4 aromatic rings. The van der Waals surface area contributed by atoms with Crippen LogP contribution in [0.2, 0.25) is 0 Å². The standard InChI is InChI=1S/C20H15N3OS2/c1-23-17-15-10-6-5-7-13(15)11-12-16(17)26-20(23)22-19(25)21-18(24)14-8-3-2-4-9-14/h2-12H,1H3,(H,21,24,25)/b22-20+. The Balaban J connectivity index is 1.72. The molecule has 0 saturated heterocycles. The molecule has 1 amide bonds. The van der Waals surface area contributed by atoms with E-state index in [2.05, 4.69) is 34.6 Å². The lowest BCUT2D eigenvalue weighted by atomic mass is 10.1. The number of nitrogens with one attached hydrogen (secondary N) is 1. The number of nitrogens with zero attached hydrogens (tertiary/aromatic N) is 2. The first kappa shape index (κ1) is 16.6. The van der Waals surface area contributed by atoms with Crippen LogP contribution in [-0.2, 0) is 7.05 Å². The molecule has 1 heterocycles. The van der Waals surface area contributed by atoms with E-state index >= 15 is 0 Å². The SMILES string of the molecule is Cn1/c(=N\C(=S)NC(=O)c2ccccc2)sc2ccc3ccccc3c21. The number of carbonyl (C=O) groups is 1. The van der Waals surface area contributed by atoms with Crippen molar-refractivity contribution in [3.63, 3.8) is 0 Å². The average Bonchev–Trinajstić information content (AvgIpc) is 2.98. The maximum absolute atomic E-state index is 12.2. The largest absolute Gasteiger partial charge is 0.319 e. The van der Waals surface area contributed by atoms with Crippen molar-refractivity contribution >= 4 is 55.6 Å². The average molecular weight is 377 g/mol. The molecule has 0 unspecified atom stereocenters. The molecule has 1 aromatic heterocycles. The summed E-state index contributed by atoms with van der Waals surface area (Å²) >= 11 is 6.81. The molecule has 6 heteroatoms. The van der Waals surface area contributed by atoms with E-state index in [0.717, 1.165) is 15.0 Å². The van der Waals surface area contributed by atoms with E-state index in [-0.39, 0.29) is 11.0 Å². The van der Waals surface area contributed by atoms with Gasteiger partial charge in [0.1, 0.15) is 0 Å². The van der Waals surface area contributed by atoms with Crippen LogP contribution in [-0.4, -0.2) is 15.6 Å². The van der Waals surface area contributed by atoms with Crippen molar-refractivity contribution in [2.24, 2.45) is 12.0 Å². The zero-order valence-corrected chi connectivity index (χ0v) is 15.6. The van der Waals surface area contributed by atoms with E-state index in [1.54, 1.807) is 23.5 Å². The third-order valence-electron chi connectivity index (χ3n) is 4.14. The maximum Gasteiger partial charge on any atom is 0.257 e. The summed E-state index contributed by atoms with van der Waals surface area (Å²) in [5.41, 5.74) is 1.67. The second kappa shape index (κ2) is 6.82. The van der Waals surface area contributed by atoms with Crippen LogP contribution in [0.3, 0.4) is 0 Å². The van der Waals surface area contributed by atoms with Gasteiger partial charge in [-0.15, -0.1) is 0 Å². The molecule has 0 radical (unpaired) electrons. The van der Waals surface area contributed by atoms with Gasteiger partial charge in [0.15, 0.2) is 4.80 Å². The molecule has 0 aliphatic heterocycles. The van der Waals surface area contributed by atoms with Crippen LogP contribution in [0.15, 0.2) is 71.7 Å². The van der Waals surface area contributed by atoms with Gasteiger partial charge < -0.3 is 4.57 Å². The van der Waals surface area contributed by atoms with E-state index in [9.17, 15) is 4.79 Å². The molecule has 3 aromatic carbocycles. The fourth-order valence-electron chi connectivity index (χ4n) is 2.90. The number of thiocarbonyl (C=S) groups is 1. The molecular weight excluding hydrogens is 362 g/mol. The van der Waals surface area contributed by atoms with E-state index in [4.69, 9.17) is 12.2 Å². The van der Waals surface area contributed by atoms with Crippen LogP contribution >= 0.6 is 23.6 Å². The smallest absolute Gasteiger partial charge is 0.257 e. The van der Waals surface area contributed by atoms with E-state index in [0.29, 0.717) is 5.56 Å². The van der Waals surface area contributed by atoms with Crippen molar-refractivity contribution < 1.29 is 4.79 Å². The summed E-state index contributed by atoms with van der Waals surface area (Å²) in [6.45, 7) is 0. The second-order valence-corrected chi connectivity index (χ2v) is 7.21. The normalized spacial score (nSPS) is 11.8. The summed E-state index contributed by atoms with van der Waals surface area (Å²) in [5.74, 6) is -0.256. The molecule has 0 atom stereocenters. The quantitative estimate of drug-likeness (QED) is 0.510. The lowest BCUT2D eigenvalue weighted by molar-refractivity contribution is 0.0977. The summed E-state index contributed by atoms with van der Waals surface area (Å²) in [6.07, 6.45) is 0. The third-order valence-corrected chi connectivity index (χ3v) is 5.43. The third kappa shape index (κ3) is 3.05. The van der Waals surface area contributed by atoms with Crippen molar-refractivity contribution in [1.29, 1.82) is 0 Å². The minimum atomic E-state index is -0.256. The number of aromatic nitrogens is 1. The predicted octanol–water partition coefficient (Wildman–Crippen LogP) is 4.01. The van der Waals surface area contributed by atoms with Crippen LogP contribution < -0.4 is 10.1 Å². The Labute approximate surface area is 159 Å². The highest BCUT2D eigenvalue weighted by atomic mass is 32.1. The zero-order chi connectivity index (χ0) is 18.1. The number of hydrogen-bond donors (Lipinski definition) is 1. The van der Waals surface area contributed by atoms with Gasteiger partial charge in [-0.05, 0) is 35.8 Å².